The Balaban J connectivity index is 2.29. The lowest BCUT2D eigenvalue weighted by Crippen LogP contribution is -1.79. The zero-order valence-electron chi connectivity index (χ0n) is 8.10. The van der Waals surface area contributed by atoms with E-state index in [9.17, 15) is 0 Å². The van der Waals surface area contributed by atoms with Crippen molar-refractivity contribution in [3.8, 4) is 0 Å². The third-order valence-electron chi connectivity index (χ3n) is 2.01. The van der Waals surface area contributed by atoms with Crippen LogP contribution >= 0.6 is 11.6 Å². The van der Waals surface area contributed by atoms with Crippen molar-refractivity contribution in [2.24, 2.45) is 0 Å². The molecular formula is C13H10ClN. The first-order valence-corrected chi connectivity index (χ1v) is 5.08. The summed E-state index contributed by atoms with van der Waals surface area (Å²) in [5.41, 5.74) is 1.87. The van der Waals surface area contributed by atoms with Crippen LogP contribution in [-0.2, 0) is 0 Å². The Morgan fingerprint density at radius 3 is 2.40 bits per heavy atom. The van der Waals surface area contributed by atoms with Crippen molar-refractivity contribution in [1.29, 1.82) is 0 Å². The third kappa shape index (κ3) is 2.67. The minimum Gasteiger partial charge on any atom is -0.257 e. The van der Waals surface area contributed by atoms with Crippen LogP contribution in [-0.4, -0.2) is 4.98 Å². The van der Waals surface area contributed by atoms with Crippen LogP contribution in [0.3, 0.4) is 0 Å². The summed E-state index contributed by atoms with van der Waals surface area (Å²) < 4.78 is 0. The molecule has 0 radical (unpaired) electrons. The quantitative estimate of drug-likeness (QED) is 0.742. The van der Waals surface area contributed by atoms with Crippen LogP contribution in [0.5, 0.6) is 0 Å². The van der Waals surface area contributed by atoms with E-state index in [0.29, 0.717) is 5.03 Å². The normalized spacial score (nSPS) is 11.4. The fourth-order valence-electron chi connectivity index (χ4n) is 1.27. The Morgan fingerprint density at radius 1 is 1.00 bits per heavy atom. The molecule has 1 aromatic heterocycles. The van der Waals surface area contributed by atoms with Crippen LogP contribution in [0, 0.1) is 0 Å². The van der Waals surface area contributed by atoms with Gasteiger partial charge in [-0.1, -0.05) is 48.0 Å². The molecule has 1 aromatic carbocycles. The Labute approximate surface area is 94.1 Å². The van der Waals surface area contributed by atoms with Gasteiger partial charge < -0.3 is 0 Å². The lowest BCUT2D eigenvalue weighted by Gasteiger charge is -1.98. The van der Waals surface area contributed by atoms with Crippen molar-refractivity contribution in [3.05, 3.63) is 66.0 Å². The van der Waals surface area contributed by atoms with Crippen molar-refractivity contribution in [1.82, 2.24) is 4.98 Å². The molecule has 0 fully saturated rings. The topological polar surface area (TPSA) is 12.9 Å². The van der Waals surface area contributed by atoms with Gasteiger partial charge in [-0.05, 0) is 23.8 Å². The maximum atomic E-state index is 6.16. The third-order valence-corrected chi connectivity index (χ3v) is 2.34. The van der Waals surface area contributed by atoms with E-state index in [1.165, 1.54) is 0 Å². The van der Waals surface area contributed by atoms with Crippen LogP contribution in [0.25, 0.3) is 11.1 Å². The molecule has 2 rings (SSSR count). The van der Waals surface area contributed by atoms with Crippen molar-refractivity contribution in [2.75, 3.05) is 0 Å². The predicted molar refractivity (Wildman–Crippen MR) is 64.4 cm³/mol. The van der Waals surface area contributed by atoms with E-state index in [-0.39, 0.29) is 0 Å². The molecule has 0 N–H and O–H groups in total. The van der Waals surface area contributed by atoms with E-state index >= 15 is 0 Å². The van der Waals surface area contributed by atoms with E-state index in [2.05, 4.69) is 4.98 Å². The van der Waals surface area contributed by atoms with Gasteiger partial charge in [-0.25, -0.2) is 0 Å². The second kappa shape index (κ2) is 4.76. The second-order valence-corrected chi connectivity index (χ2v) is 3.52. The molecule has 0 bridgehead atoms. The molecule has 15 heavy (non-hydrogen) atoms. The maximum absolute atomic E-state index is 6.16. The van der Waals surface area contributed by atoms with Crippen LogP contribution in [0.15, 0.2) is 54.7 Å². The molecule has 0 amide bonds. The van der Waals surface area contributed by atoms with Gasteiger partial charge in [-0.15, -0.1) is 0 Å². The lowest BCUT2D eigenvalue weighted by atomic mass is 10.2. The summed E-state index contributed by atoms with van der Waals surface area (Å²) in [5, 5.41) is 0.703. The standard InChI is InChI=1S/C13H10ClN/c14-13(11-6-2-1-3-7-11)10-12-8-4-5-9-15-12/h1-10H/b13-10-. The van der Waals surface area contributed by atoms with Gasteiger partial charge in [0.1, 0.15) is 0 Å². The number of aromatic nitrogens is 1. The SMILES string of the molecule is Cl/C(=C\c1ccccn1)c1ccccc1. The Morgan fingerprint density at radius 2 is 1.73 bits per heavy atom. The molecule has 0 aliphatic rings. The highest BCUT2D eigenvalue weighted by Gasteiger charge is 1.96. The van der Waals surface area contributed by atoms with Crippen molar-refractivity contribution in [2.45, 2.75) is 0 Å². The highest BCUT2D eigenvalue weighted by atomic mass is 35.5. The van der Waals surface area contributed by atoms with E-state index < -0.39 is 0 Å². The first kappa shape index (κ1) is 9.94. The van der Waals surface area contributed by atoms with Crippen LogP contribution in [0.4, 0.5) is 0 Å². The number of rotatable bonds is 2. The zero-order valence-corrected chi connectivity index (χ0v) is 8.85. The molecule has 0 unspecified atom stereocenters. The summed E-state index contributed by atoms with van der Waals surface area (Å²) in [7, 11) is 0. The van der Waals surface area contributed by atoms with Gasteiger partial charge in [0.05, 0.1) is 5.69 Å². The summed E-state index contributed by atoms with van der Waals surface area (Å²) in [6.07, 6.45) is 3.61. The van der Waals surface area contributed by atoms with Gasteiger partial charge in [0, 0.05) is 11.2 Å². The van der Waals surface area contributed by atoms with Gasteiger partial charge >= 0.3 is 0 Å². The fraction of sp³-hybridized carbons (Fsp3) is 0. The van der Waals surface area contributed by atoms with Gasteiger partial charge in [0.2, 0.25) is 0 Å². The monoisotopic (exact) mass is 215 g/mol. The molecule has 1 nitrogen and oxygen atoms in total. The summed E-state index contributed by atoms with van der Waals surface area (Å²) in [5.74, 6) is 0. The Bertz CT molecular complexity index is 448. The molecule has 0 aliphatic heterocycles. The summed E-state index contributed by atoms with van der Waals surface area (Å²) >= 11 is 6.16. The second-order valence-electron chi connectivity index (χ2n) is 3.11. The summed E-state index contributed by atoms with van der Waals surface area (Å²) in [6.45, 7) is 0. The molecule has 2 heteroatoms. The first-order valence-electron chi connectivity index (χ1n) is 4.70. The van der Waals surface area contributed by atoms with Crippen LogP contribution < -0.4 is 0 Å². The average molecular weight is 216 g/mol. The van der Waals surface area contributed by atoms with Crippen molar-refractivity contribution >= 4 is 22.7 Å². The van der Waals surface area contributed by atoms with E-state index in [4.69, 9.17) is 11.6 Å². The molecule has 0 atom stereocenters. The summed E-state index contributed by atoms with van der Waals surface area (Å²) in [6, 6.07) is 15.6. The van der Waals surface area contributed by atoms with Crippen molar-refractivity contribution in [3.63, 3.8) is 0 Å². The number of hydrogen-bond donors (Lipinski definition) is 0. The molecular weight excluding hydrogens is 206 g/mol. The molecule has 1 heterocycles. The Kier molecular flexibility index (Phi) is 3.15. The first-order chi connectivity index (χ1) is 7.36. The molecule has 2 aromatic rings. The average Bonchev–Trinajstić information content (AvgIpc) is 2.31. The Hall–Kier alpha value is -1.60. The van der Waals surface area contributed by atoms with Gasteiger partial charge in [0.15, 0.2) is 0 Å². The van der Waals surface area contributed by atoms with Gasteiger partial charge in [-0.2, -0.15) is 0 Å². The number of benzene rings is 1. The maximum Gasteiger partial charge on any atom is 0.0644 e. The molecule has 74 valence electrons. The van der Waals surface area contributed by atoms with Crippen molar-refractivity contribution < 1.29 is 0 Å². The highest BCUT2D eigenvalue weighted by Crippen LogP contribution is 2.20. The van der Waals surface area contributed by atoms with Gasteiger partial charge in [0.25, 0.3) is 0 Å². The number of hydrogen-bond acceptors (Lipinski definition) is 1. The minimum absolute atomic E-state index is 0.703. The van der Waals surface area contributed by atoms with Crippen LogP contribution in [0.2, 0.25) is 0 Å². The zero-order chi connectivity index (χ0) is 10.5. The smallest absolute Gasteiger partial charge is 0.0644 e. The molecule has 0 aliphatic carbocycles. The van der Waals surface area contributed by atoms with E-state index in [1.54, 1.807) is 6.20 Å². The number of nitrogens with zero attached hydrogens (tertiary/aromatic N) is 1. The largest absolute Gasteiger partial charge is 0.257 e. The summed E-state index contributed by atoms with van der Waals surface area (Å²) in [4.78, 5) is 4.18. The lowest BCUT2D eigenvalue weighted by molar-refractivity contribution is 1.30. The minimum atomic E-state index is 0.703. The number of halogens is 1. The van der Waals surface area contributed by atoms with Gasteiger partial charge in [-0.3, -0.25) is 4.98 Å². The fourth-order valence-corrected chi connectivity index (χ4v) is 1.51. The molecule has 0 saturated heterocycles. The van der Waals surface area contributed by atoms with Crippen LogP contribution in [0.1, 0.15) is 11.3 Å². The molecule has 0 saturated carbocycles. The highest BCUT2D eigenvalue weighted by molar-refractivity contribution is 6.51. The van der Waals surface area contributed by atoms with E-state index in [1.807, 2.05) is 54.6 Å². The van der Waals surface area contributed by atoms with E-state index in [0.717, 1.165) is 11.3 Å². The molecule has 0 spiro atoms. The predicted octanol–water partition coefficient (Wildman–Crippen LogP) is 3.82. The number of pyridine rings is 1.